The normalized spacial score (nSPS) is 16.1. The molecule has 10 heteroatoms. The first-order valence-corrected chi connectivity index (χ1v) is 11.1. The highest BCUT2D eigenvalue weighted by atomic mass is 16.2. The van der Waals surface area contributed by atoms with E-state index in [0.29, 0.717) is 23.3 Å². The van der Waals surface area contributed by atoms with E-state index in [0.717, 1.165) is 49.4 Å². The van der Waals surface area contributed by atoms with Crippen LogP contribution in [0.15, 0.2) is 24.3 Å². The summed E-state index contributed by atoms with van der Waals surface area (Å²) in [6.45, 7) is 4.80. The molecule has 0 spiro atoms. The summed E-state index contributed by atoms with van der Waals surface area (Å²) in [7, 11) is 0. The highest BCUT2D eigenvalue weighted by Crippen LogP contribution is 2.38. The lowest BCUT2D eigenvalue weighted by Crippen LogP contribution is -2.40. The Hall–Kier alpha value is -3.56. The fourth-order valence-electron chi connectivity index (χ4n) is 4.01. The van der Waals surface area contributed by atoms with Crippen molar-refractivity contribution in [3.63, 3.8) is 0 Å². The Morgan fingerprint density at radius 3 is 2.81 bits per heavy atom. The summed E-state index contributed by atoms with van der Waals surface area (Å²) in [5.74, 6) is 2.19. The average Bonchev–Trinajstić information content (AvgIpc) is 3.16. The number of aromatic amines is 1. The first-order valence-electron chi connectivity index (χ1n) is 11.1. The van der Waals surface area contributed by atoms with Crippen molar-refractivity contribution < 1.29 is 9.59 Å². The minimum Gasteiger partial charge on any atom is -0.338 e. The van der Waals surface area contributed by atoms with Gasteiger partial charge in [-0.1, -0.05) is 26.0 Å². The van der Waals surface area contributed by atoms with Gasteiger partial charge in [0.2, 0.25) is 0 Å². The SMILES string of the molecule is CC(C)C(NC(=O)C(=O)Nc1cccc(-c2n[nH]c(C3CC3)n2)c1)c1nnc2n1CCC2. The molecule has 1 fully saturated rings. The molecule has 1 unspecified atom stereocenters. The Bertz CT molecular complexity index is 1160. The van der Waals surface area contributed by atoms with Gasteiger partial charge in [-0.2, -0.15) is 5.10 Å². The molecular formula is C22H26N8O2. The number of benzene rings is 1. The third-order valence-electron chi connectivity index (χ3n) is 5.92. The quantitative estimate of drug-likeness (QED) is 0.511. The first kappa shape index (κ1) is 20.3. The molecule has 2 aliphatic rings. The van der Waals surface area contributed by atoms with Gasteiger partial charge in [0.25, 0.3) is 0 Å². The number of aromatic nitrogens is 6. The standard InChI is InChI=1S/C22H26N8O2/c1-12(2)17(20-29-26-16-7-4-10-30(16)20)24-22(32)21(31)23-15-6-3-5-14(11-15)19-25-18(27-28-19)13-8-9-13/h3,5-6,11-13,17H,4,7-10H2,1-2H3,(H,23,31)(H,24,32)(H,25,27,28). The topological polar surface area (TPSA) is 130 Å². The second-order valence-corrected chi connectivity index (χ2v) is 8.78. The molecule has 1 saturated carbocycles. The van der Waals surface area contributed by atoms with Crippen molar-refractivity contribution in [1.82, 2.24) is 35.3 Å². The number of aryl methyl sites for hydroxylation is 1. The number of hydrogen-bond acceptors (Lipinski definition) is 6. The summed E-state index contributed by atoms with van der Waals surface area (Å²) in [5, 5.41) is 21.3. The number of nitrogens with one attached hydrogen (secondary N) is 3. The molecule has 1 aromatic carbocycles. The highest BCUT2D eigenvalue weighted by molar-refractivity contribution is 6.39. The van der Waals surface area contributed by atoms with Crippen LogP contribution in [0, 0.1) is 5.92 Å². The van der Waals surface area contributed by atoms with Gasteiger partial charge in [-0.05, 0) is 37.3 Å². The van der Waals surface area contributed by atoms with Gasteiger partial charge in [-0.25, -0.2) is 4.98 Å². The number of nitrogens with zero attached hydrogens (tertiary/aromatic N) is 5. The molecule has 0 saturated heterocycles. The summed E-state index contributed by atoms with van der Waals surface area (Å²) in [4.78, 5) is 29.8. The Balaban J connectivity index is 1.27. The Labute approximate surface area is 185 Å². The zero-order chi connectivity index (χ0) is 22.2. The van der Waals surface area contributed by atoms with E-state index < -0.39 is 17.9 Å². The van der Waals surface area contributed by atoms with Crippen LogP contribution in [0.25, 0.3) is 11.4 Å². The molecule has 166 valence electrons. The lowest BCUT2D eigenvalue weighted by molar-refractivity contribution is -0.136. The van der Waals surface area contributed by atoms with Crippen LogP contribution in [-0.2, 0) is 22.6 Å². The molecule has 0 radical (unpaired) electrons. The van der Waals surface area contributed by atoms with Crippen LogP contribution in [0.5, 0.6) is 0 Å². The number of fused-ring (bicyclic) bond motifs is 1. The van der Waals surface area contributed by atoms with E-state index in [1.165, 1.54) is 0 Å². The van der Waals surface area contributed by atoms with Gasteiger partial charge in [0.1, 0.15) is 11.6 Å². The van der Waals surface area contributed by atoms with E-state index >= 15 is 0 Å². The summed E-state index contributed by atoms with van der Waals surface area (Å²) in [6, 6.07) is 6.76. The van der Waals surface area contributed by atoms with Gasteiger partial charge >= 0.3 is 11.8 Å². The number of carbonyl (C=O) groups is 2. The van der Waals surface area contributed by atoms with Crippen molar-refractivity contribution in [2.24, 2.45) is 5.92 Å². The molecule has 2 aromatic heterocycles. The van der Waals surface area contributed by atoms with Crippen LogP contribution in [0.4, 0.5) is 5.69 Å². The number of amides is 2. The fraction of sp³-hybridized carbons (Fsp3) is 0.455. The molecule has 3 heterocycles. The van der Waals surface area contributed by atoms with Gasteiger partial charge in [0.05, 0.1) is 6.04 Å². The molecule has 0 bridgehead atoms. The Morgan fingerprint density at radius 2 is 2.03 bits per heavy atom. The van der Waals surface area contributed by atoms with Crippen molar-refractivity contribution in [3.05, 3.63) is 41.7 Å². The van der Waals surface area contributed by atoms with E-state index in [9.17, 15) is 9.59 Å². The van der Waals surface area contributed by atoms with Crippen LogP contribution in [-0.4, -0.2) is 41.8 Å². The third-order valence-corrected chi connectivity index (χ3v) is 5.92. The van der Waals surface area contributed by atoms with E-state index in [1.807, 2.05) is 24.5 Å². The molecule has 5 rings (SSSR count). The molecule has 1 atom stereocenters. The van der Waals surface area contributed by atoms with Crippen LogP contribution >= 0.6 is 0 Å². The monoisotopic (exact) mass is 434 g/mol. The number of H-pyrrole nitrogens is 1. The van der Waals surface area contributed by atoms with Crippen molar-refractivity contribution in [3.8, 4) is 11.4 Å². The Morgan fingerprint density at radius 1 is 1.19 bits per heavy atom. The van der Waals surface area contributed by atoms with Crippen molar-refractivity contribution in [2.75, 3.05) is 5.32 Å². The van der Waals surface area contributed by atoms with Gasteiger partial charge in [-0.3, -0.25) is 14.7 Å². The summed E-state index contributed by atoms with van der Waals surface area (Å²) in [5.41, 5.74) is 1.27. The number of rotatable bonds is 6. The van der Waals surface area contributed by atoms with Gasteiger partial charge in [-0.15, -0.1) is 10.2 Å². The largest absolute Gasteiger partial charge is 0.338 e. The first-order chi connectivity index (χ1) is 15.5. The van der Waals surface area contributed by atoms with Gasteiger partial charge in [0.15, 0.2) is 11.6 Å². The maximum absolute atomic E-state index is 12.7. The molecule has 3 N–H and O–H groups in total. The molecule has 10 nitrogen and oxygen atoms in total. The van der Waals surface area contributed by atoms with Gasteiger partial charge < -0.3 is 15.2 Å². The van der Waals surface area contributed by atoms with Crippen molar-refractivity contribution >= 4 is 17.5 Å². The molecule has 1 aliphatic carbocycles. The maximum Gasteiger partial charge on any atom is 0.313 e. The fourth-order valence-corrected chi connectivity index (χ4v) is 4.01. The van der Waals surface area contributed by atoms with Crippen LogP contribution in [0.2, 0.25) is 0 Å². The zero-order valence-corrected chi connectivity index (χ0v) is 18.1. The van der Waals surface area contributed by atoms with Crippen LogP contribution in [0.3, 0.4) is 0 Å². The maximum atomic E-state index is 12.7. The van der Waals surface area contributed by atoms with E-state index in [-0.39, 0.29) is 5.92 Å². The molecule has 3 aromatic rings. The number of anilines is 1. The van der Waals surface area contributed by atoms with Crippen molar-refractivity contribution in [2.45, 2.75) is 58.0 Å². The van der Waals surface area contributed by atoms with E-state index in [1.54, 1.807) is 18.2 Å². The minimum absolute atomic E-state index is 0.0513. The number of hydrogen-bond donors (Lipinski definition) is 3. The lowest BCUT2D eigenvalue weighted by atomic mass is 10.0. The van der Waals surface area contributed by atoms with Crippen LogP contribution < -0.4 is 10.6 Å². The van der Waals surface area contributed by atoms with Gasteiger partial charge in [0, 0.05) is 30.1 Å². The summed E-state index contributed by atoms with van der Waals surface area (Å²) < 4.78 is 2.04. The lowest BCUT2D eigenvalue weighted by Gasteiger charge is -2.21. The molecular weight excluding hydrogens is 408 g/mol. The molecule has 2 amide bonds. The smallest absolute Gasteiger partial charge is 0.313 e. The zero-order valence-electron chi connectivity index (χ0n) is 18.1. The predicted octanol–water partition coefficient (Wildman–Crippen LogP) is 2.34. The predicted molar refractivity (Wildman–Crippen MR) is 116 cm³/mol. The molecule has 32 heavy (non-hydrogen) atoms. The Kier molecular flexibility index (Phi) is 5.20. The van der Waals surface area contributed by atoms with E-state index in [2.05, 4.69) is 36.0 Å². The average molecular weight is 435 g/mol. The highest BCUT2D eigenvalue weighted by Gasteiger charge is 2.30. The van der Waals surface area contributed by atoms with Crippen LogP contribution in [0.1, 0.15) is 62.5 Å². The minimum atomic E-state index is -0.734. The number of carbonyl (C=O) groups excluding carboxylic acids is 2. The summed E-state index contributed by atoms with van der Waals surface area (Å²) >= 11 is 0. The summed E-state index contributed by atoms with van der Waals surface area (Å²) in [6.07, 6.45) is 4.17. The molecule has 1 aliphatic heterocycles. The second kappa shape index (κ2) is 8.18. The second-order valence-electron chi connectivity index (χ2n) is 8.78. The third kappa shape index (κ3) is 4.00. The van der Waals surface area contributed by atoms with E-state index in [4.69, 9.17) is 0 Å². The van der Waals surface area contributed by atoms with Crippen molar-refractivity contribution in [1.29, 1.82) is 0 Å².